The lowest BCUT2D eigenvalue weighted by Crippen LogP contribution is -2.59. The molecule has 3 amide bonds. The summed E-state index contributed by atoms with van der Waals surface area (Å²) < 4.78 is 0. The molecule has 0 aliphatic carbocycles. The Hall–Kier alpha value is -3.47. The van der Waals surface area contributed by atoms with Crippen LogP contribution >= 0.6 is 0 Å². The van der Waals surface area contributed by atoms with Crippen LogP contribution in [0.3, 0.4) is 0 Å². The second-order valence-electron chi connectivity index (χ2n) is 8.75. The molecule has 1 aromatic carbocycles. The zero-order chi connectivity index (χ0) is 26.0. The molecule has 0 radical (unpaired) electrons. The van der Waals surface area contributed by atoms with E-state index in [1.54, 1.807) is 58.0 Å². The lowest BCUT2D eigenvalue weighted by molar-refractivity contribution is -0.142. The van der Waals surface area contributed by atoms with Crippen LogP contribution in [0.25, 0.3) is 0 Å². The van der Waals surface area contributed by atoms with E-state index in [4.69, 9.17) is 10.8 Å². The lowest BCUT2D eigenvalue weighted by Gasteiger charge is -2.28. The number of hydrogen-bond acceptors (Lipinski definition) is 6. The van der Waals surface area contributed by atoms with Crippen molar-refractivity contribution in [3.05, 3.63) is 35.9 Å². The second kappa shape index (κ2) is 13.3. The van der Waals surface area contributed by atoms with E-state index in [9.17, 15) is 29.1 Å². The molecular weight excluding hydrogens is 444 g/mol. The monoisotopic (exact) mass is 478 g/mol. The van der Waals surface area contributed by atoms with Gasteiger partial charge in [-0.05, 0) is 17.4 Å². The van der Waals surface area contributed by atoms with Gasteiger partial charge in [-0.15, -0.1) is 0 Å². The Morgan fingerprint density at radius 1 is 0.794 bits per heavy atom. The molecule has 11 nitrogen and oxygen atoms in total. The molecule has 0 spiro atoms. The molecule has 0 fully saturated rings. The summed E-state index contributed by atoms with van der Waals surface area (Å²) in [5.74, 6) is -5.43. The van der Waals surface area contributed by atoms with Gasteiger partial charge in [-0.3, -0.25) is 19.2 Å². The van der Waals surface area contributed by atoms with Gasteiger partial charge in [0.25, 0.3) is 0 Å². The number of benzene rings is 1. The van der Waals surface area contributed by atoms with E-state index in [0.717, 1.165) is 5.56 Å². The minimum atomic E-state index is -1.34. The second-order valence-corrected chi connectivity index (χ2v) is 8.75. The molecule has 0 bridgehead atoms. The molecule has 11 heteroatoms. The average Bonchev–Trinajstić information content (AvgIpc) is 2.74. The van der Waals surface area contributed by atoms with Crippen molar-refractivity contribution in [1.29, 1.82) is 0 Å². The van der Waals surface area contributed by atoms with Crippen molar-refractivity contribution in [2.45, 2.75) is 64.7 Å². The van der Waals surface area contributed by atoms with E-state index < -0.39 is 72.1 Å². The van der Waals surface area contributed by atoms with Crippen molar-refractivity contribution in [2.75, 3.05) is 0 Å². The third kappa shape index (κ3) is 9.18. The van der Waals surface area contributed by atoms with Crippen LogP contribution in [0.15, 0.2) is 30.3 Å². The minimum Gasteiger partial charge on any atom is -0.481 e. The number of carbonyl (C=O) groups excluding carboxylic acids is 3. The summed E-state index contributed by atoms with van der Waals surface area (Å²) in [5.41, 5.74) is 6.29. The molecule has 1 aromatic rings. The Kier molecular flexibility index (Phi) is 11.2. The summed E-state index contributed by atoms with van der Waals surface area (Å²) in [6, 6.07) is 4.10. The first kappa shape index (κ1) is 28.6. The summed E-state index contributed by atoms with van der Waals surface area (Å²) in [6.07, 6.45) is -0.542. The normalized spacial score (nSPS) is 14.6. The van der Waals surface area contributed by atoms with E-state index >= 15 is 0 Å². The summed E-state index contributed by atoms with van der Waals surface area (Å²) in [4.78, 5) is 60.5. The SMILES string of the molecule is CC(C)C(NC(=O)C(N)CC(=O)O)C(=O)NC(C(=O)NC(Cc1ccccc1)C(=O)O)C(C)C. The van der Waals surface area contributed by atoms with Gasteiger partial charge in [-0.2, -0.15) is 0 Å². The summed E-state index contributed by atoms with van der Waals surface area (Å²) in [5, 5.41) is 25.8. The van der Waals surface area contributed by atoms with Gasteiger partial charge in [0.15, 0.2) is 0 Å². The smallest absolute Gasteiger partial charge is 0.326 e. The fraction of sp³-hybridized carbons (Fsp3) is 0.522. The van der Waals surface area contributed by atoms with Gasteiger partial charge in [0.1, 0.15) is 18.1 Å². The first-order valence-corrected chi connectivity index (χ1v) is 11.0. The molecule has 1 rings (SSSR count). The number of nitrogens with two attached hydrogens (primary N) is 1. The number of aliphatic carboxylic acids is 2. The fourth-order valence-corrected chi connectivity index (χ4v) is 3.17. The molecule has 0 saturated heterocycles. The topological polar surface area (TPSA) is 188 Å². The maximum atomic E-state index is 12.9. The van der Waals surface area contributed by atoms with Crippen LogP contribution < -0.4 is 21.7 Å². The summed E-state index contributed by atoms with van der Waals surface area (Å²) in [6.45, 7) is 6.70. The minimum absolute atomic E-state index is 0.0623. The van der Waals surface area contributed by atoms with E-state index in [1.807, 2.05) is 0 Å². The number of rotatable bonds is 13. The van der Waals surface area contributed by atoms with Crippen molar-refractivity contribution in [1.82, 2.24) is 16.0 Å². The number of amides is 3. The number of carboxylic acid groups (broad SMARTS) is 2. The highest BCUT2D eigenvalue weighted by atomic mass is 16.4. The fourth-order valence-electron chi connectivity index (χ4n) is 3.17. The van der Waals surface area contributed by atoms with Gasteiger partial charge in [-0.1, -0.05) is 58.0 Å². The van der Waals surface area contributed by atoms with Crippen molar-refractivity contribution >= 4 is 29.7 Å². The maximum absolute atomic E-state index is 12.9. The third-order valence-corrected chi connectivity index (χ3v) is 5.12. The zero-order valence-electron chi connectivity index (χ0n) is 19.8. The summed E-state index contributed by atoms with van der Waals surface area (Å²) in [7, 11) is 0. The highest BCUT2D eigenvalue weighted by Crippen LogP contribution is 2.09. The molecule has 0 aromatic heterocycles. The molecule has 4 unspecified atom stereocenters. The predicted octanol–water partition coefficient (Wildman–Crippen LogP) is -0.118. The van der Waals surface area contributed by atoms with Gasteiger partial charge in [0, 0.05) is 6.42 Å². The van der Waals surface area contributed by atoms with Crippen LogP contribution in [0.2, 0.25) is 0 Å². The quantitative estimate of drug-likeness (QED) is 0.226. The molecule has 0 aliphatic rings. The molecular formula is C23H34N4O7. The first-order valence-electron chi connectivity index (χ1n) is 11.0. The number of nitrogens with one attached hydrogen (secondary N) is 3. The first-order chi connectivity index (χ1) is 15.8. The zero-order valence-corrected chi connectivity index (χ0v) is 19.8. The van der Waals surface area contributed by atoms with Gasteiger partial charge in [0.05, 0.1) is 12.5 Å². The Bertz CT molecular complexity index is 873. The molecule has 0 saturated carbocycles. The third-order valence-electron chi connectivity index (χ3n) is 5.12. The van der Waals surface area contributed by atoms with Gasteiger partial charge >= 0.3 is 11.9 Å². The Morgan fingerprint density at radius 2 is 1.26 bits per heavy atom. The molecule has 188 valence electrons. The largest absolute Gasteiger partial charge is 0.481 e. The molecule has 4 atom stereocenters. The molecule has 0 heterocycles. The van der Waals surface area contributed by atoms with Crippen LogP contribution in [0.1, 0.15) is 39.7 Å². The van der Waals surface area contributed by atoms with Gasteiger partial charge < -0.3 is 31.9 Å². The Labute approximate surface area is 198 Å². The average molecular weight is 479 g/mol. The van der Waals surface area contributed by atoms with Crippen molar-refractivity contribution in [2.24, 2.45) is 17.6 Å². The van der Waals surface area contributed by atoms with Crippen molar-refractivity contribution < 1.29 is 34.2 Å². The van der Waals surface area contributed by atoms with E-state index in [0.29, 0.717) is 0 Å². The molecule has 34 heavy (non-hydrogen) atoms. The van der Waals surface area contributed by atoms with Crippen LogP contribution in [-0.4, -0.2) is 64.0 Å². The Morgan fingerprint density at radius 3 is 1.71 bits per heavy atom. The lowest BCUT2D eigenvalue weighted by atomic mass is 9.98. The highest BCUT2D eigenvalue weighted by Gasteiger charge is 2.33. The molecule has 0 aliphatic heterocycles. The van der Waals surface area contributed by atoms with E-state index in [2.05, 4.69) is 16.0 Å². The van der Waals surface area contributed by atoms with Crippen molar-refractivity contribution in [3.63, 3.8) is 0 Å². The van der Waals surface area contributed by atoms with Crippen molar-refractivity contribution in [3.8, 4) is 0 Å². The Balaban J connectivity index is 2.93. The van der Waals surface area contributed by atoms with Crippen LogP contribution in [0.5, 0.6) is 0 Å². The van der Waals surface area contributed by atoms with E-state index in [-0.39, 0.29) is 6.42 Å². The van der Waals surface area contributed by atoms with Gasteiger partial charge in [-0.25, -0.2) is 4.79 Å². The summed E-state index contributed by atoms with van der Waals surface area (Å²) >= 11 is 0. The van der Waals surface area contributed by atoms with Crippen LogP contribution in [-0.2, 0) is 30.4 Å². The standard InChI is InChI=1S/C23H34N4O7/c1-12(2)18(21(31)25-16(23(33)34)10-14-8-6-5-7-9-14)27-22(32)19(13(3)4)26-20(30)15(24)11-17(28)29/h5-9,12-13,15-16,18-19H,10-11,24H2,1-4H3,(H,25,31)(H,26,30)(H,27,32)(H,28,29)(H,33,34). The van der Waals surface area contributed by atoms with Crippen LogP contribution in [0, 0.1) is 11.8 Å². The van der Waals surface area contributed by atoms with E-state index in [1.165, 1.54) is 0 Å². The number of carbonyl (C=O) groups is 5. The number of hydrogen-bond donors (Lipinski definition) is 6. The van der Waals surface area contributed by atoms with Gasteiger partial charge in [0.2, 0.25) is 17.7 Å². The predicted molar refractivity (Wildman–Crippen MR) is 123 cm³/mol. The van der Waals surface area contributed by atoms with Crippen LogP contribution in [0.4, 0.5) is 0 Å². The highest BCUT2D eigenvalue weighted by molar-refractivity contribution is 5.95. The maximum Gasteiger partial charge on any atom is 0.326 e. The molecule has 7 N–H and O–H groups in total. The number of carboxylic acids is 2.